The first kappa shape index (κ1) is 16.5. The van der Waals surface area contributed by atoms with E-state index in [2.05, 4.69) is 26.5 Å². The fourth-order valence-electron chi connectivity index (χ4n) is 3.56. The molecule has 7 nitrogen and oxygen atoms in total. The molecule has 1 saturated heterocycles. The van der Waals surface area contributed by atoms with Crippen LogP contribution in [0.25, 0.3) is 0 Å². The molecule has 26 heavy (non-hydrogen) atoms. The van der Waals surface area contributed by atoms with Crippen molar-refractivity contribution in [1.82, 2.24) is 15.5 Å². The summed E-state index contributed by atoms with van der Waals surface area (Å²) in [5, 5.41) is 11.0. The number of rotatable bonds is 4. The van der Waals surface area contributed by atoms with Crippen LogP contribution in [0.4, 0.5) is 17.2 Å². The van der Waals surface area contributed by atoms with Gasteiger partial charge in [-0.05, 0) is 55.7 Å². The highest BCUT2D eigenvalue weighted by Gasteiger charge is 2.26. The summed E-state index contributed by atoms with van der Waals surface area (Å²) >= 11 is 0. The van der Waals surface area contributed by atoms with Crippen LogP contribution in [0.3, 0.4) is 0 Å². The summed E-state index contributed by atoms with van der Waals surface area (Å²) < 4.78 is 0. The molecule has 134 valence electrons. The van der Waals surface area contributed by atoms with Crippen molar-refractivity contribution in [2.45, 2.75) is 26.2 Å². The van der Waals surface area contributed by atoms with E-state index >= 15 is 0 Å². The number of aromatic nitrogens is 2. The van der Waals surface area contributed by atoms with Crippen LogP contribution < -0.4 is 15.1 Å². The zero-order valence-electron chi connectivity index (χ0n) is 14.7. The van der Waals surface area contributed by atoms with Gasteiger partial charge in [0, 0.05) is 37.4 Å². The van der Waals surface area contributed by atoms with Gasteiger partial charge in [-0.25, -0.2) is 0 Å². The van der Waals surface area contributed by atoms with Gasteiger partial charge in [0.1, 0.15) is 0 Å². The molecule has 7 heteroatoms. The minimum atomic E-state index is -0.215. The molecule has 0 saturated carbocycles. The van der Waals surface area contributed by atoms with E-state index in [0.717, 1.165) is 43.1 Å². The molecule has 2 aliphatic rings. The van der Waals surface area contributed by atoms with Gasteiger partial charge in [-0.2, -0.15) is 0 Å². The van der Waals surface area contributed by atoms with Gasteiger partial charge < -0.3 is 15.1 Å². The Kier molecular flexibility index (Phi) is 4.28. The normalized spacial score (nSPS) is 16.1. The van der Waals surface area contributed by atoms with E-state index in [0.29, 0.717) is 18.7 Å². The van der Waals surface area contributed by atoms with Gasteiger partial charge in [-0.3, -0.25) is 9.59 Å². The summed E-state index contributed by atoms with van der Waals surface area (Å²) in [6, 6.07) is 9.67. The molecule has 1 fully saturated rings. The molecule has 0 radical (unpaired) electrons. The number of amides is 2. The van der Waals surface area contributed by atoms with Gasteiger partial charge in [-0.15, -0.1) is 10.2 Å². The van der Waals surface area contributed by atoms with Crippen LogP contribution >= 0.6 is 0 Å². The first-order chi connectivity index (χ1) is 12.7. The second-order valence-corrected chi connectivity index (χ2v) is 6.50. The largest absolute Gasteiger partial charge is 0.351 e. The van der Waals surface area contributed by atoms with Crippen molar-refractivity contribution >= 4 is 29.0 Å². The molecule has 0 atom stereocenters. The third kappa shape index (κ3) is 2.89. The zero-order chi connectivity index (χ0) is 18.1. The zero-order valence-corrected chi connectivity index (χ0v) is 14.7. The fourth-order valence-corrected chi connectivity index (χ4v) is 3.56. The summed E-state index contributed by atoms with van der Waals surface area (Å²) in [6.07, 6.45) is 2.46. The smallest absolute Gasteiger partial charge is 0.271 e. The van der Waals surface area contributed by atoms with Crippen molar-refractivity contribution in [3.05, 3.63) is 41.6 Å². The van der Waals surface area contributed by atoms with E-state index in [9.17, 15) is 9.59 Å². The summed E-state index contributed by atoms with van der Waals surface area (Å²) in [5.74, 6) is 0.710. The molecule has 1 N–H and O–H groups in total. The number of nitrogens with zero attached hydrogens (tertiary/aromatic N) is 4. The molecule has 0 aliphatic carbocycles. The number of hydrogen-bond donors (Lipinski definition) is 1. The van der Waals surface area contributed by atoms with Crippen LogP contribution in [-0.2, 0) is 11.2 Å². The molecule has 0 bridgehead atoms. The number of carbonyl (C=O) groups excluding carboxylic acids is 2. The van der Waals surface area contributed by atoms with Gasteiger partial charge >= 0.3 is 0 Å². The van der Waals surface area contributed by atoms with Crippen molar-refractivity contribution in [1.29, 1.82) is 0 Å². The minimum absolute atomic E-state index is 0.201. The molecule has 0 spiro atoms. The molecular formula is C19H21N5O2. The predicted octanol–water partition coefficient (Wildman–Crippen LogP) is 2.05. The third-order valence-electron chi connectivity index (χ3n) is 4.84. The van der Waals surface area contributed by atoms with Gasteiger partial charge in [0.05, 0.1) is 0 Å². The summed E-state index contributed by atoms with van der Waals surface area (Å²) in [7, 11) is 0. The number of benzene rings is 1. The Labute approximate surface area is 152 Å². The maximum Gasteiger partial charge on any atom is 0.271 e. The quantitative estimate of drug-likeness (QED) is 0.912. The number of fused-ring (bicyclic) bond motifs is 1. The monoisotopic (exact) mass is 351 g/mol. The first-order valence-corrected chi connectivity index (χ1v) is 9.00. The van der Waals surface area contributed by atoms with Gasteiger partial charge in [-0.1, -0.05) is 0 Å². The molecule has 2 aromatic rings. The SMILES string of the molecule is CCNC(=O)c1ccc(N2CCc3cc(N4CCCC4=O)ccc32)nn1. The number of hydrogen-bond acceptors (Lipinski definition) is 5. The van der Waals surface area contributed by atoms with Crippen molar-refractivity contribution in [2.75, 3.05) is 29.4 Å². The topological polar surface area (TPSA) is 78.4 Å². The van der Waals surface area contributed by atoms with Crippen LogP contribution in [0.1, 0.15) is 35.8 Å². The van der Waals surface area contributed by atoms with Crippen molar-refractivity contribution in [3.63, 3.8) is 0 Å². The highest BCUT2D eigenvalue weighted by Crippen LogP contribution is 2.36. The molecule has 2 amide bonds. The van der Waals surface area contributed by atoms with Gasteiger partial charge in [0.25, 0.3) is 5.91 Å². The molecule has 0 unspecified atom stereocenters. The Morgan fingerprint density at radius 2 is 2.00 bits per heavy atom. The van der Waals surface area contributed by atoms with E-state index in [1.54, 1.807) is 6.07 Å². The molecular weight excluding hydrogens is 330 g/mol. The average Bonchev–Trinajstić information content (AvgIpc) is 3.27. The van der Waals surface area contributed by atoms with Crippen LogP contribution in [0, 0.1) is 0 Å². The van der Waals surface area contributed by atoms with Crippen molar-refractivity contribution in [2.24, 2.45) is 0 Å². The van der Waals surface area contributed by atoms with Crippen molar-refractivity contribution < 1.29 is 9.59 Å². The number of nitrogens with one attached hydrogen (secondary N) is 1. The molecule has 1 aromatic carbocycles. The van der Waals surface area contributed by atoms with Gasteiger partial charge in [0.15, 0.2) is 11.5 Å². The lowest BCUT2D eigenvalue weighted by molar-refractivity contribution is -0.117. The lowest BCUT2D eigenvalue weighted by Crippen LogP contribution is -2.24. The Balaban J connectivity index is 1.56. The van der Waals surface area contributed by atoms with Crippen LogP contribution in [0.15, 0.2) is 30.3 Å². The molecule has 1 aromatic heterocycles. The maximum absolute atomic E-state index is 12.0. The van der Waals surface area contributed by atoms with Crippen LogP contribution in [0.5, 0.6) is 0 Å². The number of carbonyl (C=O) groups is 2. The Hall–Kier alpha value is -2.96. The van der Waals surface area contributed by atoms with E-state index in [1.165, 1.54) is 5.56 Å². The minimum Gasteiger partial charge on any atom is -0.351 e. The molecule has 3 heterocycles. The predicted molar refractivity (Wildman–Crippen MR) is 98.8 cm³/mol. The first-order valence-electron chi connectivity index (χ1n) is 9.00. The molecule has 4 rings (SSSR count). The molecule has 2 aliphatic heterocycles. The fraction of sp³-hybridized carbons (Fsp3) is 0.368. The summed E-state index contributed by atoms with van der Waals surface area (Å²) in [6.45, 7) is 4.03. The Morgan fingerprint density at radius 1 is 1.12 bits per heavy atom. The van der Waals surface area contributed by atoms with Gasteiger partial charge in [0.2, 0.25) is 5.91 Å². The highest BCUT2D eigenvalue weighted by atomic mass is 16.2. The van der Waals surface area contributed by atoms with Crippen LogP contribution in [0.2, 0.25) is 0 Å². The number of anilines is 3. The van der Waals surface area contributed by atoms with Crippen LogP contribution in [-0.4, -0.2) is 41.6 Å². The van der Waals surface area contributed by atoms with Crippen molar-refractivity contribution in [3.8, 4) is 0 Å². The lowest BCUT2D eigenvalue weighted by Gasteiger charge is -2.20. The lowest BCUT2D eigenvalue weighted by atomic mass is 10.1. The van der Waals surface area contributed by atoms with E-state index in [1.807, 2.05) is 30.0 Å². The van der Waals surface area contributed by atoms with E-state index in [-0.39, 0.29) is 11.8 Å². The van der Waals surface area contributed by atoms with E-state index < -0.39 is 0 Å². The summed E-state index contributed by atoms with van der Waals surface area (Å²) in [5.41, 5.74) is 3.58. The second kappa shape index (κ2) is 6.74. The average molecular weight is 351 g/mol. The standard InChI is InChI=1S/C19H21N5O2/c1-2-20-19(26)15-6-8-17(22-21-15)24-11-9-13-12-14(5-7-16(13)24)23-10-3-4-18(23)25/h5-8,12H,2-4,9-11H2,1H3,(H,20,26). The maximum atomic E-state index is 12.0. The van der Waals surface area contributed by atoms with E-state index in [4.69, 9.17) is 0 Å². The summed E-state index contributed by atoms with van der Waals surface area (Å²) in [4.78, 5) is 27.7. The highest BCUT2D eigenvalue weighted by molar-refractivity contribution is 5.96. The second-order valence-electron chi connectivity index (χ2n) is 6.50. The Bertz CT molecular complexity index is 850. The third-order valence-corrected chi connectivity index (χ3v) is 4.84. The Morgan fingerprint density at radius 3 is 2.69 bits per heavy atom.